The number of furan rings is 1. The molecule has 0 bridgehead atoms. The van der Waals surface area contributed by atoms with Crippen LogP contribution in [0.3, 0.4) is 0 Å². The van der Waals surface area contributed by atoms with Crippen molar-refractivity contribution in [3.63, 3.8) is 0 Å². The summed E-state index contributed by atoms with van der Waals surface area (Å²) in [6.07, 6.45) is 0. The maximum absolute atomic E-state index is 13.4. The zero-order chi connectivity index (χ0) is 10.8. The van der Waals surface area contributed by atoms with E-state index in [1.807, 2.05) is 0 Å². The first-order chi connectivity index (χ1) is 7.18. The van der Waals surface area contributed by atoms with Crippen molar-refractivity contribution < 1.29 is 8.81 Å². The van der Waals surface area contributed by atoms with Crippen molar-refractivity contribution in [3.8, 4) is 0 Å². The molecule has 1 atom stereocenters. The van der Waals surface area contributed by atoms with Crippen molar-refractivity contribution in [3.05, 3.63) is 58.8 Å². The standard InChI is InChI=1S/C11H9ClFNO/c12-10-6-5-9(15-10)11(14)7-3-1-2-4-8(7)13/h1-6,11H,14H2. The second kappa shape index (κ2) is 4.04. The van der Waals surface area contributed by atoms with Crippen LogP contribution in [-0.2, 0) is 0 Å². The first kappa shape index (κ1) is 10.2. The summed E-state index contributed by atoms with van der Waals surface area (Å²) in [6, 6.07) is 8.91. The highest BCUT2D eigenvalue weighted by atomic mass is 35.5. The first-order valence-corrected chi connectivity index (χ1v) is 4.81. The van der Waals surface area contributed by atoms with Gasteiger partial charge in [-0.25, -0.2) is 4.39 Å². The van der Waals surface area contributed by atoms with Crippen LogP contribution in [0.15, 0.2) is 40.8 Å². The first-order valence-electron chi connectivity index (χ1n) is 4.43. The molecular weight excluding hydrogens is 217 g/mol. The van der Waals surface area contributed by atoms with Crippen LogP contribution in [0.4, 0.5) is 4.39 Å². The molecule has 0 fully saturated rings. The van der Waals surface area contributed by atoms with Crippen molar-refractivity contribution in [1.29, 1.82) is 0 Å². The van der Waals surface area contributed by atoms with E-state index in [1.54, 1.807) is 30.3 Å². The minimum Gasteiger partial charge on any atom is -0.448 e. The van der Waals surface area contributed by atoms with Gasteiger partial charge in [-0.05, 0) is 29.8 Å². The lowest BCUT2D eigenvalue weighted by Crippen LogP contribution is -2.12. The van der Waals surface area contributed by atoms with Gasteiger partial charge < -0.3 is 10.2 Å². The molecule has 0 spiro atoms. The summed E-state index contributed by atoms with van der Waals surface area (Å²) in [5.74, 6) is 0.0997. The highest BCUT2D eigenvalue weighted by Crippen LogP contribution is 2.25. The molecule has 0 saturated heterocycles. The molecular formula is C11H9ClFNO. The monoisotopic (exact) mass is 225 g/mol. The van der Waals surface area contributed by atoms with Crippen LogP contribution in [-0.4, -0.2) is 0 Å². The highest BCUT2D eigenvalue weighted by Gasteiger charge is 2.16. The van der Waals surface area contributed by atoms with E-state index in [-0.39, 0.29) is 11.0 Å². The number of nitrogens with two attached hydrogens (primary N) is 1. The average molecular weight is 226 g/mol. The molecule has 0 saturated carbocycles. The van der Waals surface area contributed by atoms with Crippen molar-refractivity contribution in [2.75, 3.05) is 0 Å². The predicted molar refractivity (Wildman–Crippen MR) is 56.1 cm³/mol. The van der Waals surface area contributed by atoms with Gasteiger partial charge in [0.05, 0.1) is 6.04 Å². The largest absolute Gasteiger partial charge is 0.448 e. The lowest BCUT2D eigenvalue weighted by molar-refractivity contribution is 0.482. The van der Waals surface area contributed by atoms with E-state index in [0.29, 0.717) is 11.3 Å². The zero-order valence-electron chi connectivity index (χ0n) is 7.78. The van der Waals surface area contributed by atoms with Gasteiger partial charge in [-0.3, -0.25) is 0 Å². The van der Waals surface area contributed by atoms with E-state index >= 15 is 0 Å². The molecule has 78 valence electrons. The van der Waals surface area contributed by atoms with Gasteiger partial charge in [0.15, 0.2) is 5.22 Å². The van der Waals surface area contributed by atoms with Gasteiger partial charge in [0.2, 0.25) is 0 Å². The summed E-state index contributed by atoms with van der Waals surface area (Å²) < 4.78 is 18.5. The Labute approximate surface area is 91.5 Å². The van der Waals surface area contributed by atoms with Crippen LogP contribution in [0.5, 0.6) is 0 Å². The second-order valence-electron chi connectivity index (χ2n) is 3.14. The van der Waals surface area contributed by atoms with Crippen LogP contribution in [0.2, 0.25) is 5.22 Å². The molecule has 1 heterocycles. The van der Waals surface area contributed by atoms with Crippen LogP contribution in [0, 0.1) is 5.82 Å². The number of hydrogen-bond donors (Lipinski definition) is 1. The van der Waals surface area contributed by atoms with E-state index in [9.17, 15) is 4.39 Å². The number of benzene rings is 1. The van der Waals surface area contributed by atoms with Crippen molar-refractivity contribution in [2.24, 2.45) is 5.73 Å². The fraction of sp³-hybridized carbons (Fsp3) is 0.0909. The highest BCUT2D eigenvalue weighted by molar-refractivity contribution is 6.28. The van der Waals surface area contributed by atoms with E-state index in [2.05, 4.69) is 0 Å². The Morgan fingerprint density at radius 3 is 2.53 bits per heavy atom. The molecule has 1 aromatic carbocycles. The Balaban J connectivity index is 2.36. The summed E-state index contributed by atoms with van der Waals surface area (Å²) in [5.41, 5.74) is 6.23. The molecule has 0 aliphatic rings. The Morgan fingerprint density at radius 2 is 1.93 bits per heavy atom. The Morgan fingerprint density at radius 1 is 1.20 bits per heavy atom. The lowest BCUT2D eigenvalue weighted by atomic mass is 10.1. The molecule has 4 heteroatoms. The maximum atomic E-state index is 13.4. The van der Waals surface area contributed by atoms with Crippen LogP contribution in [0.1, 0.15) is 17.4 Å². The van der Waals surface area contributed by atoms with E-state index < -0.39 is 6.04 Å². The number of hydrogen-bond acceptors (Lipinski definition) is 2. The van der Waals surface area contributed by atoms with Crippen molar-refractivity contribution >= 4 is 11.6 Å². The number of halogens is 2. The smallest absolute Gasteiger partial charge is 0.193 e. The quantitative estimate of drug-likeness (QED) is 0.853. The van der Waals surface area contributed by atoms with Gasteiger partial charge in [-0.2, -0.15) is 0 Å². The normalized spacial score (nSPS) is 12.7. The molecule has 0 amide bonds. The zero-order valence-corrected chi connectivity index (χ0v) is 8.54. The van der Waals surface area contributed by atoms with Crippen molar-refractivity contribution in [1.82, 2.24) is 0 Å². The molecule has 2 aromatic rings. The molecule has 15 heavy (non-hydrogen) atoms. The second-order valence-corrected chi connectivity index (χ2v) is 3.51. The molecule has 1 unspecified atom stereocenters. The molecule has 0 radical (unpaired) electrons. The van der Waals surface area contributed by atoms with Gasteiger partial charge in [0.1, 0.15) is 11.6 Å². The molecule has 1 aromatic heterocycles. The van der Waals surface area contributed by atoms with E-state index in [0.717, 1.165) is 0 Å². The molecule has 2 rings (SSSR count). The van der Waals surface area contributed by atoms with Gasteiger partial charge in [0.25, 0.3) is 0 Å². The average Bonchev–Trinajstić information content (AvgIpc) is 2.65. The third-order valence-electron chi connectivity index (χ3n) is 2.14. The SMILES string of the molecule is NC(c1ccc(Cl)o1)c1ccccc1F. The van der Waals surface area contributed by atoms with E-state index in [1.165, 1.54) is 6.07 Å². The van der Waals surface area contributed by atoms with Crippen LogP contribution < -0.4 is 5.73 Å². The van der Waals surface area contributed by atoms with Gasteiger partial charge in [0, 0.05) is 5.56 Å². The molecule has 2 nitrogen and oxygen atoms in total. The molecule has 2 N–H and O–H groups in total. The summed E-state index contributed by atoms with van der Waals surface area (Å²) in [6.45, 7) is 0. The minimum absolute atomic E-state index is 0.247. The van der Waals surface area contributed by atoms with Gasteiger partial charge in [-0.1, -0.05) is 18.2 Å². The molecule has 0 aliphatic carbocycles. The summed E-state index contributed by atoms with van der Waals surface area (Å²) in [4.78, 5) is 0. The fourth-order valence-corrected chi connectivity index (χ4v) is 1.53. The van der Waals surface area contributed by atoms with E-state index in [4.69, 9.17) is 21.8 Å². The summed E-state index contributed by atoms with van der Waals surface area (Å²) >= 11 is 5.62. The lowest BCUT2D eigenvalue weighted by Gasteiger charge is -2.09. The maximum Gasteiger partial charge on any atom is 0.193 e. The summed E-state index contributed by atoms with van der Waals surface area (Å²) in [5, 5.41) is 0.247. The Kier molecular flexibility index (Phi) is 2.75. The topological polar surface area (TPSA) is 39.2 Å². The molecule has 0 aliphatic heterocycles. The Hall–Kier alpha value is -1.32. The van der Waals surface area contributed by atoms with Crippen molar-refractivity contribution in [2.45, 2.75) is 6.04 Å². The summed E-state index contributed by atoms with van der Waals surface area (Å²) in [7, 11) is 0. The predicted octanol–water partition coefficient (Wildman–Crippen LogP) is 3.12. The third-order valence-corrected chi connectivity index (χ3v) is 2.34. The Bertz CT molecular complexity index is 469. The fourth-order valence-electron chi connectivity index (χ4n) is 1.38. The number of rotatable bonds is 2. The third kappa shape index (κ3) is 2.03. The van der Waals surface area contributed by atoms with Gasteiger partial charge in [-0.15, -0.1) is 0 Å². The minimum atomic E-state index is -0.626. The van der Waals surface area contributed by atoms with Crippen LogP contribution >= 0.6 is 11.6 Å². The van der Waals surface area contributed by atoms with Crippen LogP contribution in [0.25, 0.3) is 0 Å². The van der Waals surface area contributed by atoms with Gasteiger partial charge >= 0.3 is 0 Å².